The first kappa shape index (κ1) is 15.5. The van der Waals surface area contributed by atoms with Gasteiger partial charge in [-0.2, -0.15) is 0 Å². The van der Waals surface area contributed by atoms with Crippen LogP contribution in [0.5, 0.6) is 0 Å². The average Bonchev–Trinajstić information content (AvgIpc) is 2.47. The van der Waals surface area contributed by atoms with Crippen LogP contribution in [0.4, 0.5) is 0 Å². The maximum absolute atomic E-state index is 12.3. The fourth-order valence-electron chi connectivity index (χ4n) is 2.24. The lowest BCUT2D eigenvalue weighted by atomic mass is 9.86. The van der Waals surface area contributed by atoms with E-state index in [1.54, 1.807) is 0 Å². The van der Waals surface area contributed by atoms with Crippen LogP contribution in [0.15, 0.2) is 48.5 Å². The number of Topliss-reactive ketones (excluding diaryl/α,β-unsaturated/α-hetero) is 1. The lowest BCUT2D eigenvalue weighted by Crippen LogP contribution is -2.11. The van der Waals surface area contributed by atoms with Crippen LogP contribution in [0.25, 0.3) is 0 Å². The molecule has 0 aliphatic rings. The van der Waals surface area contributed by atoms with Gasteiger partial charge < -0.3 is 5.73 Å². The van der Waals surface area contributed by atoms with E-state index in [1.807, 2.05) is 36.4 Å². The fourth-order valence-corrected chi connectivity index (χ4v) is 2.24. The molecule has 2 aromatic carbocycles. The highest BCUT2D eigenvalue weighted by Crippen LogP contribution is 2.22. The Morgan fingerprint density at radius 2 is 1.43 bits per heavy atom. The molecule has 2 N–H and O–H groups in total. The van der Waals surface area contributed by atoms with Gasteiger partial charge in [0.25, 0.3) is 0 Å². The van der Waals surface area contributed by atoms with Gasteiger partial charge in [-0.3, -0.25) is 4.79 Å². The quantitative estimate of drug-likeness (QED) is 0.865. The van der Waals surface area contributed by atoms with Gasteiger partial charge >= 0.3 is 0 Å². The molecule has 0 radical (unpaired) electrons. The van der Waals surface area contributed by atoms with Gasteiger partial charge in [0.05, 0.1) is 0 Å². The summed E-state index contributed by atoms with van der Waals surface area (Å²) in [6, 6.07) is 15.9. The van der Waals surface area contributed by atoms with Crippen molar-refractivity contribution < 1.29 is 4.79 Å². The summed E-state index contributed by atoms with van der Waals surface area (Å²) < 4.78 is 0. The van der Waals surface area contributed by atoms with Gasteiger partial charge in [0, 0.05) is 18.5 Å². The zero-order valence-electron chi connectivity index (χ0n) is 13.0. The average molecular weight is 281 g/mol. The van der Waals surface area contributed by atoms with Gasteiger partial charge in [-0.1, -0.05) is 69.3 Å². The molecule has 0 aromatic heterocycles. The first-order chi connectivity index (χ1) is 9.90. The highest BCUT2D eigenvalue weighted by molar-refractivity contribution is 5.97. The molecule has 2 heteroatoms. The summed E-state index contributed by atoms with van der Waals surface area (Å²) in [4.78, 5) is 12.3. The van der Waals surface area contributed by atoms with Gasteiger partial charge in [-0.25, -0.2) is 0 Å². The van der Waals surface area contributed by atoms with E-state index in [9.17, 15) is 4.79 Å². The van der Waals surface area contributed by atoms with E-state index in [0.29, 0.717) is 13.0 Å². The van der Waals surface area contributed by atoms with Crippen molar-refractivity contribution in [1.82, 2.24) is 0 Å². The van der Waals surface area contributed by atoms with Crippen molar-refractivity contribution >= 4 is 5.78 Å². The summed E-state index contributed by atoms with van der Waals surface area (Å²) in [6.07, 6.45) is 0.437. The molecule has 2 nitrogen and oxygen atoms in total. The lowest BCUT2D eigenvalue weighted by Gasteiger charge is -2.19. The van der Waals surface area contributed by atoms with Gasteiger partial charge in [0.1, 0.15) is 0 Å². The molecule has 0 atom stereocenters. The molecular weight excluding hydrogens is 258 g/mol. The van der Waals surface area contributed by atoms with Crippen LogP contribution in [-0.4, -0.2) is 5.78 Å². The third kappa shape index (κ3) is 4.02. The zero-order chi connectivity index (χ0) is 15.5. The largest absolute Gasteiger partial charge is 0.326 e. The standard InChI is InChI=1S/C19H23NO/c1-19(2,3)17-10-6-14(7-11-17)12-18(21)16-8-4-15(13-20)5-9-16/h4-11H,12-13,20H2,1-3H3. The number of nitrogens with two attached hydrogens (primary N) is 1. The van der Waals surface area contributed by atoms with E-state index in [0.717, 1.165) is 16.7 Å². The fraction of sp³-hybridized carbons (Fsp3) is 0.316. The van der Waals surface area contributed by atoms with Crippen molar-refractivity contribution in [2.45, 2.75) is 39.2 Å². The van der Waals surface area contributed by atoms with Crippen molar-refractivity contribution in [1.29, 1.82) is 0 Å². The molecule has 0 fully saturated rings. The second kappa shape index (κ2) is 6.23. The summed E-state index contributed by atoms with van der Waals surface area (Å²) in [6.45, 7) is 7.06. The van der Waals surface area contributed by atoms with Crippen molar-refractivity contribution in [2.24, 2.45) is 5.73 Å². The first-order valence-corrected chi connectivity index (χ1v) is 7.32. The number of ketones is 1. The monoisotopic (exact) mass is 281 g/mol. The molecule has 0 saturated carbocycles. The van der Waals surface area contributed by atoms with Crippen molar-refractivity contribution in [2.75, 3.05) is 0 Å². The normalized spacial score (nSPS) is 11.4. The van der Waals surface area contributed by atoms with Crippen LogP contribution in [-0.2, 0) is 18.4 Å². The Bertz CT molecular complexity index is 604. The topological polar surface area (TPSA) is 43.1 Å². The van der Waals surface area contributed by atoms with Crippen LogP contribution in [0.1, 0.15) is 47.8 Å². The van der Waals surface area contributed by atoms with E-state index in [1.165, 1.54) is 5.56 Å². The third-order valence-corrected chi connectivity index (χ3v) is 3.70. The molecule has 0 bridgehead atoms. The van der Waals surface area contributed by atoms with E-state index < -0.39 is 0 Å². The van der Waals surface area contributed by atoms with E-state index in [4.69, 9.17) is 5.73 Å². The first-order valence-electron chi connectivity index (χ1n) is 7.32. The second-order valence-corrected chi connectivity index (χ2v) is 6.45. The van der Waals surface area contributed by atoms with Crippen molar-refractivity contribution in [3.63, 3.8) is 0 Å². The Hall–Kier alpha value is -1.93. The summed E-state index contributed by atoms with van der Waals surface area (Å²) in [5, 5.41) is 0. The molecule has 0 aliphatic carbocycles. The van der Waals surface area contributed by atoms with Crippen LogP contribution >= 0.6 is 0 Å². The Balaban J connectivity index is 2.08. The smallest absolute Gasteiger partial charge is 0.167 e. The molecule has 0 saturated heterocycles. The SMILES string of the molecule is CC(C)(C)c1ccc(CC(=O)c2ccc(CN)cc2)cc1. The number of carbonyl (C=O) groups is 1. The van der Waals surface area contributed by atoms with E-state index >= 15 is 0 Å². The predicted octanol–water partition coefficient (Wildman–Crippen LogP) is 3.87. The van der Waals surface area contributed by atoms with Gasteiger partial charge in [0.15, 0.2) is 5.78 Å². The summed E-state index contributed by atoms with van der Waals surface area (Å²) in [7, 11) is 0. The maximum Gasteiger partial charge on any atom is 0.167 e. The highest BCUT2D eigenvalue weighted by atomic mass is 16.1. The zero-order valence-corrected chi connectivity index (χ0v) is 13.0. The molecule has 0 amide bonds. The Labute approximate surface area is 127 Å². The molecule has 110 valence electrons. The maximum atomic E-state index is 12.3. The molecule has 21 heavy (non-hydrogen) atoms. The minimum absolute atomic E-state index is 0.139. The Morgan fingerprint density at radius 1 is 0.905 bits per heavy atom. The molecule has 0 unspecified atom stereocenters. The molecule has 0 heterocycles. The predicted molar refractivity (Wildman–Crippen MR) is 87.5 cm³/mol. The molecular formula is C19H23NO. The van der Waals surface area contributed by atoms with Gasteiger partial charge in [-0.05, 0) is 22.1 Å². The molecule has 2 rings (SSSR count). The van der Waals surface area contributed by atoms with Crippen molar-refractivity contribution in [3.8, 4) is 0 Å². The van der Waals surface area contributed by atoms with Gasteiger partial charge in [-0.15, -0.1) is 0 Å². The number of hydrogen-bond donors (Lipinski definition) is 1. The molecule has 0 spiro atoms. The minimum atomic E-state index is 0.139. The summed E-state index contributed by atoms with van der Waals surface area (Å²) >= 11 is 0. The van der Waals surface area contributed by atoms with Crippen LogP contribution in [0.3, 0.4) is 0 Å². The van der Waals surface area contributed by atoms with Crippen LogP contribution in [0, 0.1) is 0 Å². The lowest BCUT2D eigenvalue weighted by molar-refractivity contribution is 0.0993. The summed E-state index contributed by atoms with van der Waals surface area (Å²) in [5.41, 5.74) is 9.82. The number of rotatable bonds is 4. The molecule has 2 aromatic rings. The Morgan fingerprint density at radius 3 is 1.90 bits per heavy atom. The highest BCUT2D eigenvalue weighted by Gasteiger charge is 2.13. The third-order valence-electron chi connectivity index (χ3n) is 3.70. The van der Waals surface area contributed by atoms with Crippen LogP contribution in [0.2, 0.25) is 0 Å². The number of hydrogen-bond acceptors (Lipinski definition) is 2. The summed E-state index contributed by atoms with van der Waals surface area (Å²) in [5.74, 6) is 0.141. The van der Waals surface area contributed by atoms with E-state index in [2.05, 4.69) is 32.9 Å². The Kier molecular flexibility index (Phi) is 4.59. The number of carbonyl (C=O) groups excluding carboxylic acids is 1. The second-order valence-electron chi connectivity index (χ2n) is 6.45. The van der Waals surface area contributed by atoms with E-state index in [-0.39, 0.29) is 11.2 Å². The van der Waals surface area contributed by atoms with Crippen molar-refractivity contribution in [3.05, 3.63) is 70.8 Å². The van der Waals surface area contributed by atoms with Crippen LogP contribution < -0.4 is 5.73 Å². The number of benzene rings is 2. The minimum Gasteiger partial charge on any atom is -0.326 e. The van der Waals surface area contributed by atoms with Gasteiger partial charge in [0.2, 0.25) is 0 Å². The molecule has 0 aliphatic heterocycles.